The van der Waals surface area contributed by atoms with E-state index in [2.05, 4.69) is 46.5 Å². The van der Waals surface area contributed by atoms with Crippen LogP contribution in [0.2, 0.25) is 0 Å². The average molecular weight is 1600 g/mol. The highest BCUT2D eigenvalue weighted by molar-refractivity contribution is 7.94. The number of imidazole rings is 3. The molecule has 562 valence electrons. The number of sulfonamides is 5. The first kappa shape index (κ1) is 76.6. The summed E-state index contributed by atoms with van der Waals surface area (Å²) in [5, 5.41) is 10.7. The van der Waals surface area contributed by atoms with Gasteiger partial charge in [0.2, 0.25) is 20.0 Å². The maximum atomic E-state index is 12.9. The number of aromatic amines is 3. The molecule has 0 bridgehead atoms. The van der Waals surface area contributed by atoms with E-state index in [1.54, 1.807) is 114 Å². The second-order valence-corrected chi connectivity index (χ2v) is 32.4. The number of aromatic nitrogens is 6. The topological polar surface area (TPSA) is 354 Å². The van der Waals surface area contributed by atoms with E-state index in [-0.39, 0.29) is 61.8 Å². The summed E-state index contributed by atoms with van der Waals surface area (Å²) >= 11 is 0. The Hall–Kier alpha value is -11.0. The Kier molecular flexibility index (Phi) is 20.3. The maximum absolute atomic E-state index is 12.9. The lowest BCUT2D eigenvalue weighted by Gasteiger charge is -2.14. The molecule has 10 N–H and O–H groups in total. The molecule has 0 radical (unpaired) electrons. The fraction of sp³-hybridized carbons (Fsp3) is 0.145. The van der Waals surface area contributed by atoms with Gasteiger partial charge in [0.05, 0.1) is 48.6 Å². The van der Waals surface area contributed by atoms with Crippen molar-refractivity contribution in [1.29, 1.82) is 0 Å². The molecule has 12 aromatic rings. The molecule has 9 aromatic carbocycles. The van der Waals surface area contributed by atoms with E-state index < -0.39 is 73.0 Å². The zero-order valence-corrected chi connectivity index (χ0v) is 58.4. The fourth-order valence-corrected chi connectivity index (χ4v) is 14.8. The second-order valence-electron chi connectivity index (χ2n) is 24.3. The Bertz CT molecular complexity index is 6130. The van der Waals surface area contributed by atoms with Crippen LogP contribution in [-0.2, 0) is 50.1 Å². The zero-order valence-electron chi connectivity index (χ0n) is 54.3. The number of ether oxygens (including phenoxy) is 1. The fourth-order valence-electron chi connectivity index (χ4n) is 11.5. The van der Waals surface area contributed by atoms with Crippen molar-refractivity contribution in [3.05, 3.63) is 234 Å². The lowest BCUT2D eigenvalue weighted by Crippen LogP contribution is -2.30. The molecule has 2 aliphatic rings. The number of H-pyrrole nitrogens is 3. The number of anilines is 3. The van der Waals surface area contributed by atoms with Gasteiger partial charge in [-0.2, -0.15) is 64.8 Å². The lowest BCUT2D eigenvalue weighted by molar-refractivity contribution is -0.274. The number of alkyl halides is 12. The molecule has 2 fully saturated rings. The number of rotatable bonds is 16. The van der Waals surface area contributed by atoms with Crippen LogP contribution in [0, 0.1) is 11.8 Å². The largest absolute Gasteiger partial charge is 0.573 e. The predicted molar refractivity (Wildman–Crippen MR) is 375 cm³/mol. The molecule has 3 heterocycles. The zero-order chi connectivity index (χ0) is 77.9. The molecule has 3 aromatic heterocycles. The van der Waals surface area contributed by atoms with Gasteiger partial charge in [0, 0.05) is 45.5 Å². The molecule has 0 saturated heterocycles. The van der Waals surface area contributed by atoms with Gasteiger partial charge in [0.25, 0.3) is 0 Å². The van der Waals surface area contributed by atoms with Crippen LogP contribution < -0.4 is 29.2 Å². The Balaban J connectivity index is 0.000000152. The lowest BCUT2D eigenvalue weighted by atomic mass is 10.0. The van der Waals surface area contributed by atoms with Crippen LogP contribution in [0.25, 0.3) is 66.5 Å². The van der Waals surface area contributed by atoms with E-state index in [1.807, 2.05) is 0 Å². The molecule has 22 nitrogen and oxygen atoms in total. The van der Waals surface area contributed by atoms with Crippen LogP contribution in [0.5, 0.6) is 5.75 Å². The van der Waals surface area contributed by atoms with Crippen LogP contribution in [0.3, 0.4) is 0 Å². The Labute approximate surface area is 605 Å². The number of benzene rings is 9. The third-order valence-corrected chi connectivity index (χ3v) is 22.0. The maximum Gasteiger partial charge on any atom is 0.573 e. The van der Waals surface area contributed by atoms with Crippen molar-refractivity contribution in [2.45, 2.75) is 69.2 Å². The van der Waals surface area contributed by atoms with Gasteiger partial charge in [0.15, 0.2) is 5.82 Å². The molecule has 2 saturated carbocycles. The van der Waals surface area contributed by atoms with Gasteiger partial charge in [-0.15, -0.1) is 13.2 Å². The number of hydrogen-bond acceptors (Lipinski definition) is 14. The summed E-state index contributed by atoms with van der Waals surface area (Å²) < 4.78 is 275. The van der Waals surface area contributed by atoms with Crippen molar-refractivity contribution >= 4 is 100 Å². The smallest absolute Gasteiger partial charge is 0.406 e. The molecule has 0 aliphatic heterocycles. The summed E-state index contributed by atoms with van der Waals surface area (Å²) in [5.74, 6) is 7.02. The van der Waals surface area contributed by atoms with E-state index in [0.717, 1.165) is 23.4 Å². The number of primary sulfonamides is 2. The van der Waals surface area contributed by atoms with Crippen LogP contribution in [0.15, 0.2) is 210 Å². The molecule has 4 atom stereocenters. The molecular weight excluding hydrogens is 1550 g/mol. The van der Waals surface area contributed by atoms with Gasteiger partial charge in [-0.05, 0) is 162 Å². The van der Waals surface area contributed by atoms with Crippen LogP contribution in [-0.4, -0.2) is 94.9 Å². The third kappa shape index (κ3) is 17.5. The SMILES string of the molecule is NS(=O)(=O)c1ccccc1-c1ccc2nc(C#Cc3ccc(OC(F)(F)F)cc3)[nH]c2c1.NS(=O)(=O)c1ccccc1-c1ccc2nc(C3CC3c3ccc(NS(=O)(=O)C(F)(F)F)cc3)[nH]c2c1.O=S(=O)(Nc1ccc(C2CC2c2nc3ccc(-c4ccccc4NS(=O)(=O)C(F)(F)F)cc3[nH]2)cc1)C(F)(F)F. The van der Waals surface area contributed by atoms with Crippen molar-refractivity contribution < 1.29 is 99.5 Å². The first-order chi connectivity index (χ1) is 50.5. The minimum absolute atomic E-state index is 0.0110. The number of nitrogens with one attached hydrogen (secondary N) is 6. The van der Waals surface area contributed by atoms with E-state index in [9.17, 15) is 94.8 Å². The molecule has 39 heteroatoms. The summed E-state index contributed by atoms with van der Waals surface area (Å²) in [5.41, 5.74) is -8.22. The van der Waals surface area contributed by atoms with Gasteiger partial charge in [0.1, 0.15) is 17.4 Å². The highest BCUT2D eigenvalue weighted by Gasteiger charge is 2.49. The molecule has 108 heavy (non-hydrogen) atoms. The average Bonchev–Trinajstić information content (AvgIpc) is 1.60. The van der Waals surface area contributed by atoms with E-state index in [0.29, 0.717) is 84.6 Å². The van der Waals surface area contributed by atoms with E-state index >= 15 is 0 Å². The predicted octanol–water partition coefficient (Wildman–Crippen LogP) is 14.6. The highest BCUT2D eigenvalue weighted by atomic mass is 32.2. The summed E-state index contributed by atoms with van der Waals surface area (Å²) in [6.07, 6.45) is -3.33. The summed E-state index contributed by atoms with van der Waals surface area (Å²) in [4.78, 5) is 23.1. The quantitative estimate of drug-likeness (QED) is 0.0329. The van der Waals surface area contributed by atoms with Crippen LogP contribution >= 0.6 is 0 Å². The van der Waals surface area contributed by atoms with E-state index in [1.165, 1.54) is 100 Å². The molecule has 4 unspecified atom stereocenters. The number of nitrogens with zero attached hydrogens (tertiary/aromatic N) is 3. The van der Waals surface area contributed by atoms with Crippen molar-refractivity contribution in [2.24, 2.45) is 10.3 Å². The Morgan fingerprint density at radius 1 is 0.398 bits per heavy atom. The second kappa shape index (κ2) is 28.6. The number of hydrogen-bond donors (Lipinski definition) is 8. The number of halogens is 12. The number of para-hydroxylation sites is 1. The summed E-state index contributed by atoms with van der Waals surface area (Å²) in [6, 6.07) is 50.3. The highest BCUT2D eigenvalue weighted by Crippen LogP contribution is 2.55. The van der Waals surface area contributed by atoms with Gasteiger partial charge >= 0.3 is 53.0 Å². The normalized spacial score (nSPS) is 16.3. The molecule has 0 amide bonds. The number of fused-ring (bicyclic) bond motifs is 3. The monoisotopic (exact) mass is 1600 g/mol. The standard InChI is InChI=1S/C24H18F6N4O4S2.C23H19F3N4O4S2.C22H14F3N3O3S/c25-23(26,27)39(35,36)33-15-8-5-13(6-9-15)17-12-18(17)22-31-20-10-7-14(11-21(20)32-22)16-3-1-2-4-19(16)34-40(37,38)24(28,29)30;24-23(25,26)36(33,34)30-15-8-5-13(6-9-15)17-12-18(17)22-28-19-10-7-14(11-20(19)29-22)16-3-1-2-4-21(16)35(27,31)32;23-22(24,25)31-16-9-5-14(6-10-16)7-12-21-27-18-11-8-15(13-19(18)28-21)17-3-1-2-4-20(17)32(26,29)30/h1-11,17-18,33-34H,12H2,(H,31,32);1-11,17-18,30H,12H2,(H,28,29)(H2,27,31,32);1-6,8-11,13H,(H,27,28)(H2,26,29,30). The third-order valence-electron chi connectivity index (χ3n) is 16.8. The molecule has 2 aliphatic carbocycles. The minimum atomic E-state index is -5.63. The van der Waals surface area contributed by atoms with Gasteiger partial charge in [-0.1, -0.05) is 103 Å². The first-order valence-corrected chi connectivity index (χ1v) is 38.7. The molecule has 14 rings (SSSR count). The van der Waals surface area contributed by atoms with Gasteiger partial charge < -0.3 is 19.7 Å². The Morgan fingerprint density at radius 3 is 1.18 bits per heavy atom. The van der Waals surface area contributed by atoms with Crippen LogP contribution in [0.1, 0.15) is 70.7 Å². The van der Waals surface area contributed by atoms with E-state index in [4.69, 9.17) is 10.3 Å². The van der Waals surface area contributed by atoms with Crippen molar-refractivity contribution in [3.63, 3.8) is 0 Å². The van der Waals surface area contributed by atoms with Crippen molar-refractivity contribution in [1.82, 2.24) is 29.9 Å². The van der Waals surface area contributed by atoms with Crippen LogP contribution in [0.4, 0.5) is 69.7 Å². The van der Waals surface area contributed by atoms with Crippen molar-refractivity contribution in [3.8, 4) is 51.0 Å². The van der Waals surface area contributed by atoms with Gasteiger partial charge in [-0.25, -0.2) is 42.1 Å². The van der Waals surface area contributed by atoms with Gasteiger partial charge in [-0.3, -0.25) is 14.2 Å². The van der Waals surface area contributed by atoms with Crippen molar-refractivity contribution in [2.75, 3.05) is 14.2 Å². The summed E-state index contributed by atoms with van der Waals surface area (Å²) in [6.45, 7) is 0. The summed E-state index contributed by atoms with van der Waals surface area (Å²) in [7, 11) is -24.4. The molecular formula is C69H51F12N11O11S5. The molecule has 0 spiro atoms. The minimum Gasteiger partial charge on any atom is -0.406 e. The Morgan fingerprint density at radius 2 is 0.769 bits per heavy atom. The number of nitrogens with two attached hydrogens (primary N) is 2. The first-order valence-electron chi connectivity index (χ1n) is 31.2.